The number of benzene rings is 1. The van der Waals surface area contributed by atoms with Crippen LogP contribution < -0.4 is 5.73 Å². The van der Waals surface area contributed by atoms with Crippen molar-refractivity contribution in [2.24, 2.45) is 5.73 Å². The molecule has 3 nitrogen and oxygen atoms in total. The average Bonchev–Trinajstić information content (AvgIpc) is 2.07. The number of nitrogens with two attached hydrogens (primary N) is 1. The van der Waals surface area contributed by atoms with E-state index in [2.05, 4.69) is 10.8 Å². The Balaban J connectivity index is 2.69. The average molecular weight is 150 g/mol. The summed E-state index contributed by atoms with van der Waals surface area (Å²) in [5.74, 6) is -0.437. The molecule has 57 valence electrons. The lowest BCUT2D eigenvalue weighted by atomic mass is 10.2. The Morgan fingerprint density at radius 3 is 3.00 bits per heavy atom. The van der Waals surface area contributed by atoms with Crippen molar-refractivity contribution in [1.82, 2.24) is 0 Å². The van der Waals surface area contributed by atoms with E-state index in [1.807, 2.05) is 0 Å². The Morgan fingerprint density at radius 1 is 1.64 bits per heavy atom. The second-order valence-corrected chi connectivity index (χ2v) is 1.87. The molecule has 0 aliphatic carbocycles. The minimum Gasteiger partial charge on any atom is -0.446 e. The fourth-order valence-corrected chi connectivity index (χ4v) is 0.674. The van der Waals surface area contributed by atoms with Gasteiger partial charge >= 0.3 is 5.97 Å². The van der Waals surface area contributed by atoms with E-state index in [9.17, 15) is 4.79 Å². The molecular formula is C8H8NO2. The number of carbonyl (C=O) groups excluding carboxylic acids is 1. The Hall–Kier alpha value is -1.35. The van der Waals surface area contributed by atoms with E-state index < -0.39 is 5.97 Å². The number of ether oxygens (including phenoxy) is 1. The molecule has 0 heterocycles. The predicted molar refractivity (Wildman–Crippen MR) is 39.7 cm³/mol. The molecule has 1 radical (unpaired) electrons. The van der Waals surface area contributed by atoms with Crippen LogP contribution in [0.15, 0.2) is 24.3 Å². The van der Waals surface area contributed by atoms with Gasteiger partial charge < -0.3 is 4.74 Å². The molecular weight excluding hydrogens is 142 g/mol. The highest BCUT2D eigenvalue weighted by Crippen LogP contribution is 1.98. The van der Waals surface area contributed by atoms with Crippen LogP contribution in [0.3, 0.4) is 0 Å². The van der Waals surface area contributed by atoms with Gasteiger partial charge in [-0.05, 0) is 12.1 Å². The first-order valence-electron chi connectivity index (χ1n) is 3.18. The molecule has 3 heteroatoms. The Kier molecular flexibility index (Phi) is 2.63. The number of hydrogen-bond donors (Lipinski definition) is 1. The van der Waals surface area contributed by atoms with Gasteiger partial charge in [-0.1, -0.05) is 18.2 Å². The summed E-state index contributed by atoms with van der Waals surface area (Å²) in [7, 11) is 0. The maximum absolute atomic E-state index is 10.9. The summed E-state index contributed by atoms with van der Waals surface area (Å²) in [4.78, 5) is 10.9. The van der Waals surface area contributed by atoms with Crippen molar-refractivity contribution in [2.75, 3.05) is 6.73 Å². The first kappa shape index (κ1) is 7.75. The molecule has 0 saturated heterocycles. The first-order valence-corrected chi connectivity index (χ1v) is 3.18. The highest BCUT2D eigenvalue weighted by molar-refractivity contribution is 5.88. The monoisotopic (exact) mass is 150 g/mol. The third-order valence-corrected chi connectivity index (χ3v) is 1.14. The molecule has 0 bridgehead atoms. The minimum absolute atomic E-state index is 0.0957. The van der Waals surface area contributed by atoms with E-state index in [0.29, 0.717) is 5.56 Å². The highest BCUT2D eigenvalue weighted by atomic mass is 16.5. The van der Waals surface area contributed by atoms with Gasteiger partial charge in [0.05, 0.1) is 5.56 Å². The fraction of sp³-hybridized carbons (Fsp3) is 0.125. The molecule has 1 aromatic rings. The van der Waals surface area contributed by atoms with Gasteiger partial charge in [0.25, 0.3) is 0 Å². The van der Waals surface area contributed by atoms with Crippen molar-refractivity contribution in [3.63, 3.8) is 0 Å². The van der Waals surface area contributed by atoms with Crippen LogP contribution in [-0.2, 0) is 4.74 Å². The SMILES string of the molecule is NCOC(=O)c1[c]cccc1. The van der Waals surface area contributed by atoms with Gasteiger partial charge in [0.2, 0.25) is 0 Å². The molecule has 2 N–H and O–H groups in total. The molecule has 0 fully saturated rings. The second kappa shape index (κ2) is 3.73. The predicted octanol–water partition coefficient (Wildman–Crippen LogP) is 0.560. The number of carbonyl (C=O) groups is 1. The second-order valence-electron chi connectivity index (χ2n) is 1.87. The molecule has 0 aromatic heterocycles. The molecule has 1 rings (SSSR count). The van der Waals surface area contributed by atoms with E-state index in [1.165, 1.54) is 0 Å². The third kappa shape index (κ3) is 2.05. The quantitative estimate of drug-likeness (QED) is 0.495. The number of esters is 1. The van der Waals surface area contributed by atoms with Gasteiger partial charge in [-0.25, -0.2) is 4.79 Å². The molecule has 11 heavy (non-hydrogen) atoms. The molecule has 0 spiro atoms. The van der Waals surface area contributed by atoms with Crippen molar-refractivity contribution in [3.05, 3.63) is 35.9 Å². The van der Waals surface area contributed by atoms with Crippen molar-refractivity contribution in [3.8, 4) is 0 Å². The Morgan fingerprint density at radius 2 is 2.45 bits per heavy atom. The zero-order valence-electron chi connectivity index (χ0n) is 5.91. The molecule has 0 aliphatic rings. The van der Waals surface area contributed by atoms with E-state index >= 15 is 0 Å². The lowest BCUT2D eigenvalue weighted by Crippen LogP contribution is -2.11. The molecule has 0 aliphatic heterocycles. The maximum atomic E-state index is 10.9. The largest absolute Gasteiger partial charge is 0.446 e. The van der Waals surface area contributed by atoms with Crippen LogP contribution in [0, 0.1) is 6.07 Å². The van der Waals surface area contributed by atoms with Gasteiger partial charge in [-0.3, -0.25) is 5.73 Å². The van der Waals surface area contributed by atoms with E-state index in [-0.39, 0.29) is 6.73 Å². The van der Waals surface area contributed by atoms with Gasteiger partial charge in [-0.2, -0.15) is 0 Å². The summed E-state index contributed by atoms with van der Waals surface area (Å²) >= 11 is 0. The zero-order valence-corrected chi connectivity index (χ0v) is 5.91. The van der Waals surface area contributed by atoms with Gasteiger partial charge in [-0.15, -0.1) is 0 Å². The number of hydrogen-bond acceptors (Lipinski definition) is 3. The van der Waals surface area contributed by atoms with Crippen LogP contribution >= 0.6 is 0 Å². The molecule has 1 aromatic carbocycles. The third-order valence-electron chi connectivity index (χ3n) is 1.14. The van der Waals surface area contributed by atoms with E-state index in [4.69, 9.17) is 5.73 Å². The smallest absolute Gasteiger partial charge is 0.340 e. The van der Waals surface area contributed by atoms with Crippen molar-refractivity contribution in [2.45, 2.75) is 0 Å². The summed E-state index contributed by atoms with van der Waals surface area (Å²) < 4.78 is 4.54. The van der Waals surface area contributed by atoms with E-state index in [1.54, 1.807) is 24.3 Å². The normalized spacial score (nSPS) is 9.18. The van der Waals surface area contributed by atoms with Gasteiger partial charge in [0.1, 0.15) is 6.73 Å². The topological polar surface area (TPSA) is 52.3 Å². The lowest BCUT2D eigenvalue weighted by molar-refractivity contribution is 0.0515. The molecule has 0 atom stereocenters. The van der Waals surface area contributed by atoms with Crippen molar-refractivity contribution >= 4 is 5.97 Å². The standard InChI is InChI=1S/C8H8NO2/c9-6-11-8(10)7-4-2-1-3-5-7/h1-4H,6,9H2. The van der Waals surface area contributed by atoms with Crippen LogP contribution in [0.4, 0.5) is 0 Å². The summed E-state index contributed by atoms with van der Waals surface area (Å²) in [6.07, 6.45) is 0. The summed E-state index contributed by atoms with van der Waals surface area (Å²) in [5, 5.41) is 0. The summed E-state index contributed by atoms with van der Waals surface area (Å²) in [6, 6.07) is 9.51. The minimum atomic E-state index is -0.437. The zero-order chi connectivity index (χ0) is 8.10. The van der Waals surface area contributed by atoms with Crippen molar-refractivity contribution < 1.29 is 9.53 Å². The molecule has 0 amide bonds. The highest BCUT2D eigenvalue weighted by Gasteiger charge is 2.03. The molecule has 0 unspecified atom stereocenters. The summed E-state index contributed by atoms with van der Waals surface area (Å²) in [5.41, 5.74) is 5.41. The van der Waals surface area contributed by atoms with Gasteiger partial charge in [0, 0.05) is 0 Å². The van der Waals surface area contributed by atoms with Crippen LogP contribution in [-0.4, -0.2) is 12.7 Å². The molecule has 0 saturated carbocycles. The van der Waals surface area contributed by atoms with E-state index in [0.717, 1.165) is 0 Å². The van der Waals surface area contributed by atoms with Crippen LogP contribution in [0.1, 0.15) is 10.4 Å². The Bertz CT molecular complexity index is 233. The van der Waals surface area contributed by atoms with Crippen LogP contribution in [0.25, 0.3) is 0 Å². The number of rotatable bonds is 2. The Labute approximate surface area is 64.8 Å². The fourth-order valence-electron chi connectivity index (χ4n) is 0.674. The lowest BCUT2D eigenvalue weighted by Gasteiger charge is -1.98. The van der Waals surface area contributed by atoms with Crippen LogP contribution in [0.5, 0.6) is 0 Å². The summed E-state index contributed by atoms with van der Waals surface area (Å²) in [6.45, 7) is -0.0957. The van der Waals surface area contributed by atoms with Gasteiger partial charge in [0.15, 0.2) is 0 Å². The first-order chi connectivity index (χ1) is 5.34. The maximum Gasteiger partial charge on any atom is 0.340 e. The van der Waals surface area contributed by atoms with Crippen molar-refractivity contribution in [1.29, 1.82) is 0 Å². The van der Waals surface area contributed by atoms with Crippen LogP contribution in [0.2, 0.25) is 0 Å².